The minimum Gasteiger partial charge on any atom is -0.480 e. The fraction of sp³-hybridized carbons (Fsp3) is 0.909. The van der Waals surface area contributed by atoms with Crippen LogP contribution in [0.3, 0.4) is 0 Å². The zero-order valence-corrected chi connectivity index (χ0v) is 10.2. The van der Waals surface area contributed by atoms with Gasteiger partial charge in [0.15, 0.2) is 0 Å². The van der Waals surface area contributed by atoms with Gasteiger partial charge in [-0.3, -0.25) is 4.79 Å². The van der Waals surface area contributed by atoms with Crippen LogP contribution in [0.25, 0.3) is 0 Å². The molecule has 0 aliphatic heterocycles. The minimum absolute atomic E-state index is 0.480. The van der Waals surface area contributed by atoms with Gasteiger partial charge in [-0.2, -0.15) is 0 Å². The monoisotopic (exact) mass is 217 g/mol. The highest BCUT2D eigenvalue weighted by Crippen LogP contribution is 2.10. The van der Waals surface area contributed by atoms with E-state index in [-0.39, 0.29) is 0 Å². The summed E-state index contributed by atoms with van der Waals surface area (Å²) in [5.74, 6) is -0.335. The van der Waals surface area contributed by atoms with Crippen molar-refractivity contribution in [3.8, 4) is 0 Å². The van der Waals surface area contributed by atoms with Crippen LogP contribution in [0.5, 0.6) is 0 Å². The third-order valence-electron chi connectivity index (χ3n) is 2.24. The third-order valence-corrected chi connectivity index (χ3v) is 2.24. The Morgan fingerprint density at radius 3 is 2.53 bits per heavy atom. The Labute approximate surface area is 92.0 Å². The maximum absolute atomic E-state index is 11.0. The lowest BCUT2D eigenvalue weighted by molar-refractivity contribution is -0.145. The molecule has 4 heteroatoms. The topological polar surface area (TPSA) is 58.6 Å². The number of hydrogen-bond donors (Lipinski definition) is 2. The first kappa shape index (κ1) is 14.4. The van der Waals surface area contributed by atoms with Crippen molar-refractivity contribution in [2.45, 2.75) is 39.7 Å². The normalized spacial score (nSPS) is 15.3. The van der Waals surface area contributed by atoms with Gasteiger partial charge < -0.3 is 15.2 Å². The van der Waals surface area contributed by atoms with Gasteiger partial charge in [-0.15, -0.1) is 0 Å². The SMILES string of the molecule is CCNC(C)(CCOCC(C)C)C(=O)O. The first-order valence-electron chi connectivity index (χ1n) is 5.48. The number of rotatable bonds is 8. The van der Waals surface area contributed by atoms with E-state index in [4.69, 9.17) is 9.84 Å². The van der Waals surface area contributed by atoms with Crippen LogP contribution >= 0.6 is 0 Å². The van der Waals surface area contributed by atoms with Crippen molar-refractivity contribution in [2.24, 2.45) is 5.92 Å². The maximum Gasteiger partial charge on any atom is 0.323 e. The molecule has 0 spiro atoms. The molecular weight excluding hydrogens is 194 g/mol. The van der Waals surface area contributed by atoms with Crippen LogP contribution in [0, 0.1) is 5.92 Å². The van der Waals surface area contributed by atoms with Gasteiger partial charge in [0.05, 0.1) is 0 Å². The number of likely N-dealkylation sites (N-methyl/N-ethyl adjacent to an activating group) is 1. The highest BCUT2D eigenvalue weighted by Gasteiger charge is 2.31. The summed E-state index contributed by atoms with van der Waals surface area (Å²) >= 11 is 0. The van der Waals surface area contributed by atoms with Crippen LogP contribution in [-0.2, 0) is 9.53 Å². The zero-order chi connectivity index (χ0) is 11.9. The van der Waals surface area contributed by atoms with Gasteiger partial charge in [0, 0.05) is 13.2 Å². The first-order valence-corrected chi connectivity index (χ1v) is 5.48. The molecule has 2 N–H and O–H groups in total. The first-order chi connectivity index (χ1) is 6.92. The van der Waals surface area contributed by atoms with Crippen molar-refractivity contribution in [3.05, 3.63) is 0 Å². The number of carbonyl (C=O) groups is 1. The van der Waals surface area contributed by atoms with Gasteiger partial charge in [0.2, 0.25) is 0 Å². The fourth-order valence-electron chi connectivity index (χ4n) is 1.26. The van der Waals surface area contributed by atoms with E-state index >= 15 is 0 Å². The number of aliphatic carboxylic acids is 1. The van der Waals surface area contributed by atoms with E-state index in [1.54, 1.807) is 6.92 Å². The molecule has 0 saturated carbocycles. The van der Waals surface area contributed by atoms with Crippen LogP contribution in [0.4, 0.5) is 0 Å². The molecule has 0 amide bonds. The lowest BCUT2D eigenvalue weighted by Crippen LogP contribution is -2.50. The fourth-order valence-corrected chi connectivity index (χ4v) is 1.26. The molecule has 0 aromatic heterocycles. The smallest absolute Gasteiger partial charge is 0.323 e. The zero-order valence-electron chi connectivity index (χ0n) is 10.2. The predicted octanol–water partition coefficient (Wildman–Crippen LogP) is 1.50. The average molecular weight is 217 g/mol. The van der Waals surface area contributed by atoms with Crippen LogP contribution < -0.4 is 5.32 Å². The molecule has 0 bridgehead atoms. The Morgan fingerprint density at radius 1 is 1.53 bits per heavy atom. The lowest BCUT2D eigenvalue weighted by Gasteiger charge is -2.25. The molecule has 0 aliphatic rings. The van der Waals surface area contributed by atoms with Crippen molar-refractivity contribution in [2.75, 3.05) is 19.8 Å². The molecule has 0 radical (unpaired) electrons. The van der Waals surface area contributed by atoms with Crippen molar-refractivity contribution in [3.63, 3.8) is 0 Å². The molecule has 1 atom stereocenters. The lowest BCUT2D eigenvalue weighted by atomic mass is 9.98. The summed E-state index contributed by atoms with van der Waals surface area (Å²) in [7, 11) is 0. The molecule has 0 rings (SSSR count). The van der Waals surface area contributed by atoms with Gasteiger partial charge in [0.25, 0.3) is 0 Å². The van der Waals surface area contributed by atoms with E-state index in [9.17, 15) is 4.79 Å². The molecule has 0 aromatic rings. The molecular formula is C11H23NO3. The molecule has 0 saturated heterocycles. The Balaban J connectivity index is 3.92. The second kappa shape index (κ2) is 6.80. The Morgan fingerprint density at radius 2 is 2.13 bits per heavy atom. The van der Waals surface area contributed by atoms with E-state index in [0.29, 0.717) is 32.1 Å². The van der Waals surface area contributed by atoms with Crippen LogP contribution in [0.1, 0.15) is 34.1 Å². The van der Waals surface area contributed by atoms with Gasteiger partial charge >= 0.3 is 5.97 Å². The molecule has 0 aliphatic carbocycles. The Bertz CT molecular complexity index is 194. The van der Waals surface area contributed by atoms with Crippen molar-refractivity contribution in [1.82, 2.24) is 5.32 Å². The highest BCUT2D eigenvalue weighted by molar-refractivity contribution is 5.78. The highest BCUT2D eigenvalue weighted by atomic mass is 16.5. The Kier molecular flexibility index (Phi) is 6.52. The number of carboxylic acids is 1. The van der Waals surface area contributed by atoms with Gasteiger partial charge in [0.1, 0.15) is 5.54 Å². The van der Waals surface area contributed by atoms with E-state index in [1.165, 1.54) is 0 Å². The van der Waals surface area contributed by atoms with E-state index < -0.39 is 11.5 Å². The van der Waals surface area contributed by atoms with Crippen molar-refractivity contribution < 1.29 is 14.6 Å². The number of carboxylic acid groups (broad SMARTS) is 1. The average Bonchev–Trinajstić information content (AvgIpc) is 2.12. The molecule has 0 fully saturated rings. The van der Waals surface area contributed by atoms with Crippen molar-refractivity contribution >= 4 is 5.97 Å². The summed E-state index contributed by atoms with van der Waals surface area (Å²) in [4.78, 5) is 11.0. The van der Waals surface area contributed by atoms with Gasteiger partial charge in [-0.25, -0.2) is 0 Å². The van der Waals surface area contributed by atoms with Gasteiger partial charge in [-0.1, -0.05) is 20.8 Å². The summed E-state index contributed by atoms with van der Waals surface area (Å²) in [6.45, 7) is 9.54. The molecule has 90 valence electrons. The Hall–Kier alpha value is -0.610. The van der Waals surface area contributed by atoms with Crippen LogP contribution in [0.2, 0.25) is 0 Å². The predicted molar refractivity (Wildman–Crippen MR) is 60.0 cm³/mol. The minimum atomic E-state index is -0.869. The van der Waals surface area contributed by atoms with E-state index in [0.717, 1.165) is 0 Å². The van der Waals surface area contributed by atoms with Crippen molar-refractivity contribution in [1.29, 1.82) is 0 Å². The molecule has 4 nitrogen and oxygen atoms in total. The molecule has 1 unspecified atom stereocenters. The largest absolute Gasteiger partial charge is 0.480 e. The van der Waals surface area contributed by atoms with E-state index in [1.807, 2.05) is 6.92 Å². The second-order valence-electron chi connectivity index (χ2n) is 4.39. The summed E-state index contributed by atoms with van der Waals surface area (Å²) < 4.78 is 5.38. The van der Waals surface area contributed by atoms with Gasteiger partial charge in [-0.05, 0) is 25.8 Å². The quantitative estimate of drug-likeness (QED) is 0.605. The van der Waals surface area contributed by atoms with Crippen LogP contribution in [0.15, 0.2) is 0 Å². The van der Waals surface area contributed by atoms with E-state index in [2.05, 4.69) is 19.2 Å². The summed E-state index contributed by atoms with van der Waals surface area (Å²) in [5.41, 5.74) is -0.869. The molecule has 15 heavy (non-hydrogen) atoms. The molecule has 0 aromatic carbocycles. The number of hydrogen-bond acceptors (Lipinski definition) is 3. The number of nitrogens with one attached hydrogen (secondary N) is 1. The third kappa shape index (κ3) is 5.74. The summed E-state index contributed by atoms with van der Waals surface area (Å²) in [5, 5.41) is 12.0. The van der Waals surface area contributed by atoms with Crippen LogP contribution in [-0.4, -0.2) is 36.4 Å². The summed E-state index contributed by atoms with van der Waals surface area (Å²) in [6, 6.07) is 0. The maximum atomic E-state index is 11.0. The standard InChI is InChI=1S/C11H23NO3/c1-5-12-11(4,10(13)14)6-7-15-8-9(2)3/h9,12H,5-8H2,1-4H3,(H,13,14). The number of ether oxygens (including phenoxy) is 1. The summed E-state index contributed by atoms with van der Waals surface area (Å²) in [6.07, 6.45) is 0.489. The second-order valence-corrected chi connectivity index (χ2v) is 4.39. The molecule has 0 heterocycles.